The van der Waals surface area contributed by atoms with E-state index in [1.807, 2.05) is 54.6 Å². The Morgan fingerprint density at radius 3 is 2.36 bits per heavy atom. The monoisotopic (exact) mass is 391 g/mol. The number of fused-ring (bicyclic) bond motifs is 1. The zero-order valence-electron chi connectivity index (χ0n) is 15.1. The number of benzene rings is 2. The van der Waals surface area contributed by atoms with E-state index < -0.39 is 11.6 Å². The molecule has 0 atom stereocenters. The second-order valence-corrected chi connectivity index (χ2v) is 7.20. The van der Waals surface area contributed by atoms with Gasteiger partial charge in [0.1, 0.15) is 16.0 Å². The summed E-state index contributed by atoms with van der Waals surface area (Å²) >= 11 is 1.14. The first kappa shape index (κ1) is 18.0. The van der Waals surface area contributed by atoms with Crippen LogP contribution in [-0.4, -0.2) is 12.6 Å². The van der Waals surface area contributed by atoms with E-state index in [-0.39, 0.29) is 22.6 Å². The molecule has 6 heteroatoms. The SMILES string of the molecule is CCOC(=O)c1sc2cc(-c3ccc(-c4ccccc4)cc3)oc(=O)c2c1N. The molecule has 0 unspecified atom stereocenters. The minimum absolute atomic E-state index is 0.109. The summed E-state index contributed by atoms with van der Waals surface area (Å²) in [6, 6.07) is 19.5. The Morgan fingerprint density at radius 1 is 1.04 bits per heavy atom. The standard InChI is InChI=1S/C22H17NO4S/c1-2-26-22(25)20-19(23)18-17(28-20)12-16(27-21(18)24)15-10-8-14(9-11-15)13-6-4-3-5-7-13/h3-12H,2,23H2,1H3. The largest absolute Gasteiger partial charge is 0.462 e. The van der Waals surface area contributed by atoms with E-state index in [0.717, 1.165) is 28.0 Å². The van der Waals surface area contributed by atoms with Crippen molar-refractivity contribution in [1.82, 2.24) is 0 Å². The highest BCUT2D eigenvalue weighted by atomic mass is 32.1. The van der Waals surface area contributed by atoms with Crippen LogP contribution in [0.15, 0.2) is 69.9 Å². The summed E-state index contributed by atoms with van der Waals surface area (Å²) in [4.78, 5) is 24.8. The number of carbonyl (C=O) groups is 1. The fourth-order valence-corrected chi connectivity index (χ4v) is 4.06. The Kier molecular flexibility index (Phi) is 4.71. The molecule has 0 spiro atoms. The first-order valence-electron chi connectivity index (χ1n) is 8.77. The fourth-order valence-electron chi connectivity index (χ4n) is 3.02. The van der Waals surface area contributed by atoms with Crippen LogP contribution in [0.2, 0.25) is 0 Å². The van der Waals surface area contributed by atoms with Crippen LogP contribution in [0.4, 0.5) is 5.69 Å². The molecular weight excluding hydrogens is 374 g/mol. The van der Waals surface area contributed by atoms with Crippen LogP contribution < -0.4 is 11.4 Å². The van der Waals surface area contributed by atoms with Gasteiger partial charge in [-0.05, 0) is 24.1 Å². The lowest BCUT2D eigenvalue weighted by molar-refractivity contribution is 0.0533. The van der Waals surface area contributed by atoms with Gasteiger partial charge in [-0.25, -0.2) is 9.59 Å². The summed E-state index contributed by atoms with van der Waals surface area (Å²) in [7, 11) is 0. The highest BCUT2D eigenvalue weighted by Crippen LogP contribution is 2.35. The molecule has 28 heavy (non-hydrogen) atoms. The van der Waals surface area contributed by atoms with Crippen LogP contribution in [0.1, 0.15) is 16.6 Å². The molecule has 0 aliphatic rings. The Balaban J connectivity index is 1.75. The second-order valence-electron chi connectivity index (χ2n) is 6.15. The quantitative estimate of drug-likeness (QED) is 0.498. The van der Waals surface area contributed by atoms with Crippen LogP contribution >= 0.6 is 11.3 Å². The summed E-state index contributed by atoms with van der Waals surface area (Å²) in [5.74, 6) is -0.108. The molecule has 140 valence electrons. The molecule has 0 aliphatic carbocycles. The fraction of sp³-hybridized carbons (Fsp3) is 0.0909. The summed E-state index contributed by atoms with van der Waals surface area (Å²) in [6.07, 6.45) is 0. The molecule has 0 amide bonds. The van der Waals surface area contributed by atoms with Crippen molar-refractivity contribution in [3.63, 3.8) is 0 Å². The van der Waals surface area contributed by atoms with Gasteiger partial charge in [0, 0.05) is 10.3 Å². The van der Waals surface area contributed by atoms with Gasteiger partial charge >= 0.3 is 11.6 Å². The Morgan fingerprint density at radius 2 is 1.68 bits per heavy atom. The first-order chi connectivity index (χ1) is 13.6. The van der Waals surface area contributed by atoms with E-state index in [2.05, 4.69) is 0 Å². The van der Waals surface area contributed by atoms with Crippen molar-refractivity contribution >= 4 is 33.1 Å². The maximum atomic E-state index is 12.5. The molecule has 0 radical (unpaired) electrons. The van der Waals surface area contributed by atoms with Gasteiger partial charge in [0.25, 0.3) is 0 Å². The van der Waals surface area contributed by atoms with Crippen molar-refractivity contribution in [2.75, 3.05) is 12.3 Å². The minimum atomic E-state index is -0.566. The van der Waals surface area contributed by atoms with Gasteiger partial charge in [-0.2, -0.15) is 0 Å². The zero-order chi connectivity index (χ0) is 19.7. The van der Waals surface area contributed by atoms with Gasteiger partial charge in [-0.3, -0.25) is 0 Å². The molecule has 0 bridgehead atoms. The molecule has 4 aromatic rings. The van der Waals surface area contributed by atoms with Gasteiger partial charge < -0.3 is 14.9 Å². The molecule has 2 aromatic heterocycles. The number of esters is 1. The lowest BCUT2D eigenvalue weighted by atomic mass is 10.0. The number of thiophene rings is 1. The van der Waals surface area contributed by atoms with Crippen molar-refractivity contribution in [3.05, 3.63) is 76.0 Å². The van der Waals surface area contributed by atoms with E-state index in [4.69, 9.17) is 14.9 Å². The Bertz CT molecular complexity index is 1210. The number of ether oxygens (including phenoxy) is 1. The smallest absolute Gasteiger partial charge is 0.350 e. The Hall–Kier alpha value is -3.38. The van der Waals surface area contributed by atoms with Crippen molar-refractivity contribution in [1.29, 1.82) is 0 Å². The molecule has 5 nitrogen and oxygen atoms in total. The lowest BCUT2D eigenvalue weighted by Crippen LogP contribution is -2.06. The summed E-state index contributed by atoms with van der Waals surface area (Å²) in [6.45, 7) is 1.95. The summed E-state index contributed by atoms with van der Waals surface area (Å²) in [5, 5.41) is 0.220. The minimum Gasteiger partial charge on any atom is -0.462 e. The van der Waals surface area contributed by atoms with Gasteiger partial charge in [-0.15, -0.1) is 11.3 Å². The molecule has 0 saturated carbocycles. The van der Waals surface area contributed by atoms with Crippen LogP contribution in [0.5, 0.6) is 0 Å². The molecule has 2 N–H and O–H groups in total. The predicted octanol–water partition coefficient (Wildman–Crippen LogP) is 4.95. The lowest BCUT2D eigenvalue weighted by Gasteiger charge is -2.04. The molecule has 0 saturated heterocycles. The second kappa shape index (κ2) is 7.32. The summed E-state index contributed by atoms with van der Waals surface area (Å²) in [5.41, 5.74) is 8.48. The van der Waals surface area contributed by atoms with Crippen molar-refractivity contribution in [2.45, 2.75) is 6.92 Å². The van der Waals surface area contributed by atoms with Crippen molar-refractivity contribution in [3.8, 4) is 22.5 Å². The normalized spacial score (nSPS) is 10.9. The predicted molar refractivity (Wildman–Crippen MR) is 112 cm³/mol. The molecule has 0 fully saturated rings. The van der Waals surface area contributed by atoms with Gasteiger partial charge in [0.2, 0.25) is 0 Å². The average Bonchev–Trinajstić information content (AvgIpc) is 3.06. The van der Waals surface area contributed by atoms with E-state index in [9.17, 15) is 9.59 Å². The van der Waals surface area contributed by atoms with E-state index in [1.165, 1.54) is 0 Å². The Labute approximate surface area is 165 Å². The van der Waals surface area contributed by atoms with Gasteiger partial charge in [-0.1, -0.05) is 54.6 Å². The van der Waals surface area contributed by atoms with Crippen molar-refractivity contribution < 1.29 is 13.9 Å². The number of anilines is 1. The maximum Gasteiger partial charge on any atom is 0.350 e. The third kappa shape index (κ3) is 3.18. The molecule has 2 aromatic carbocycles. The average molecular weight is 391 g/mol. The van der Waals surface area contributed by atoms with Crippen LogP contribution in [0.3, 0.4) is 0 Å². The number of nitrogens with two attached hydrogens (primary N) is 1. The number of hydrogen-bond acceptors (Lipinski definition) is 6. The highest BCUT2D eigenvalue weighted by molar-refractivity contribution is 7.21. The first-order valence-corrected chi connectivity index (χ1v) is 9.59. The van der Waals surface area contributed by atoms with Gasteiger partial charge in [0.05, 0.1) is 12.3 Å². The summed E-state index contributed by atoms with van der Waals surface area (Å²) < 4.78 is 11.1. The molecule has 2 heterocycles. The third-order valence-corrected chi connectivity index (χ3v) is 5.51. The van der Waals surface area contributed by atoms with Crippen LogP contribution in [0, 0.1) is 0 Å². The third-order valence-electron chi connectivity index (χ3n) is 4.38. The van der Waals surface area contributed by atoms with Crippen LogP contribution in [0.25, 0.3) is 32.5 Å². The van der Waals surface area contributed by atoms with E-state index in [0.29, 0.717) is 10.5 Å². The van der Waals surface area contributed by atoms with E-state index >= 15 is 0 Å². The van der Waals surface area contributed by atoms with Gasteiger partial charge in [0.15, 0.2) is 0 Å². The highest BCUT2D eigenvalue weighted by Gasteiger charge is 2.21. The number of hydrogen-bond donors (Lipinski definition) is 1. The maximum absolute atomic E-state index is 12.5. The number of carbonyl (C=O) groups excluding carboxylic acids is 1. The number of rotatable bonds is 4. The van der Waals surface area contributed by atoms with Crippen molar-refractivity contribution in [2.24, 2.45) is 0 Å². The number of nitrogen functional groups attached to an aromatic ring is 1. The van der Waals surface area contributed by atoms with E-state index in [1.54, 1.807) is 13.0 Å². The molecule has 4 rings (SSSR count). The van der Waals surface area contributed by atoms with Crippen LogP contribution in [-0.2, 0) is 4.74 Å². The topological polar surface area (TPSA) is 82.5 Å². The molecule has 0 aliphatic heterocycles. The molecular formula is C22H17NO4S. The zero-order valence-corrected chi connectivity index (χ0v) is 15.9.